The van der Waals surface area contributed by atoms with Crippen LogP contribution in [0.4, 0.5) is 0 Å². The normalized spacial score (nSPS) is 34.4. The Hall–Kier alpha value is -1.71. The van der Waals surface area contributed by atoms with E-state index in [0.29, 0.717) is 17.3 Å². The predicted octanol–water partition coefficient (Wildman–Crippen LogP) is 0.828. The lowest BCUT2D eigenvalue weighted by molar-refractivity contribution is 0.133. The summed E-state index contributed by atoms with van der Waals surface area (Å²) >= 11 is 0. The second kappa shape index (κ2) is 3.46. The third kappa shape index (κ3) is 1.52. The lowest BCUT2D eigenvalue weighted by atomic mass is 10.2. The molecule has 0 aromatic heterocycles. The molecule has 0 radical (unpaired) electrons. The van der Waals surface area contributed by atoms with Gasteiger partial charge < -0.3 is 14.8 Å². The van der Waals surface area contributed by atoms with E-state index in [9.17, 15) is 0 Å². The lowest BCUT2D eigenvalue weighted by Gasteiger charge is -2.26. The maximum absolute atomic E-state index is 7.53. The summed E-state index contributed by atoms with van der Waals surface area (Å²) in [5.74, 6) is 1.60. The molecule has 78 valence electrons. The first-order valence-corrected chi connectivity index (χ1v) is 4.73. The molecule has 0 fully saturated rings. The number of benzene rings is 1. The van der Waals surface area contributed by atoms with Gasteiger partial charge in [-0.05, 0) is 12.1 Å². The van der Waals surface area contributed by atoms with Crippen molar-refractivity contribution in [3.05, 3.63) is 24.3 Å². The SMILES string of the molecule is [2H]C1NC(C2COc3ccccc3O2)=NC1([2H])[2H]. The Morgan fingerprint density at radius 1 is 1.40 bits per heavy atom. The Bertz CT molecular complexity index is 507. The minimum atomic E-state index is -1.92. The molecule has 2 atom stereocenters. The Morgan fingerprint density at radius 3 is 3.07 bits per heavy atom. The maximum Gasteiger partial charge on any atom is 0.189 e. The van der Waals surface area contributed by atoms with Gasteiger partial charge in [-0.3, -0.25) is 4.99 Å². The molecule has 4 heteroatoms. The van der Waals surface area contributed by atoms with Crippen LogP contribution in [0.15, 0.2) is 29.3 Å². The number of hydrogen-bond acceptors (Lipinski definition) is 4. The van der Waals surface area contributed by atoms with Crippen molar-refractivity contribution in [3.8, 4) is 11.5 Å². The number of hydrogen-bond donors (Lipinski definition) is 1. The standard InChI is InChI=1S/C11H12N2O2/c1-2-4-9-8(3-1)14-7-10(15-9)11-12-5-6-13-11/h1-4,10H,5-7H2,(H,12,13)/i5D,6D2. The van der Waals surface area contributed by atoms with E-state index in [1.807, 2.05) is 18.2 Å². The van der Waals surface area contributed by atoms with E-state index in [-0.39, 0.29) is 6.61 Å². The first kappa shape index (κ1) is 6.00. The van der Waals surface area contributed by atoms with Crippen molar-refractivity contribution in [2.45, 2.75) is 6.10 Å². The number of fused-ring (bicyclic) bond motifs is 1. The number of amidine groups is 1. The van der Waals surface area contributed by atoms with Gasteiger partial charge in [-0.2, -0.15) is 0 Å². The molecule has 0 saturated carbocycles. The zero-order valence-corrected chi connectivity index (χ0v) is 7.93. The molecular weight excluding hydrogens is 192 g/mol. The number of ether oxygens (including phenoxy) is 2. The molecule has 2 heterocycles. The summed E-state index contributed by atoms with van der Waals surface area (Å²) < 4.78 is 33.8. The smallest absolute Gasteiger partial charge is 0.189 e. The maximum atomic E-state index is 7.53. The van der Waals surface area contributed by atoms with Crippen LogP contribution in [0.2, 0.25) is 0 Å². The van der Waals surface area contributed by atoms with Crippen molar-refractivity contribution in [1.29, 1.82) is 0 Å². The number of aliphatic imine (C=N–C) groups is 1. The average Bonchev–Trinajstić information content (AvgIpc) is 2.63. The molecule has 0 spiro atoms. The summed E-state index contributed by atoms with van der Waals surface area (Å²) in [6.45, 7) is -2.77. The number of nitrogens with one attached hydrogen (secondary N) is 1. The first-order valence-electron chi connectivity index (χ1n) is 6.31. The summed E-state index contributed by atoms with van der Waals surface area (Å²) in [4.78, 5) is 3.84. The highest BCUT2D eigenvalue weighted by atomic mass is 16.6. The van der Waals surface area contributed by atoms with Gasteiger partial charge in [0.05, 0.1) is 10.6 Å². The van der Waals surface area contributed by atoms with Crippen molar-refractivity contribution in [1.82, 2.24) is 5.32 Å². The van der Waals surface area contributed by atoms with Crippen LogP contribution in [-0.2, 0) is 0 Å². The molecule has 1 aromatic rings. The molecule has 0 aliphatic carbocycles. The van der Waals surface area contributed by atoms with Gasteiger partial charge in [0.25, 0.3) is 0 Å². The van der Waals surface area contributed by atoms with E-state index in [1.54, 1.807) is 6.07 Å². The Labute approximate surface area is 92.1 Å². The highest BCUT2D eigenvalue weighted by Crippen LogP contribution is 2.31. The average molecular weight is 207 g/mol. The van der Waals surface area contributed by atoms with E-state index >= 15 is 0 Å². The summed E-state index contributed by atoms with van der Waals surface area (Å²) in [7, 11) is 0. The molecule has 3 rings (SSSR count). The minimum Gasteiger partial charge on any atom is -0.485 e. The van der Waals surface area contributed by atoms with E-state index in [2.05, 4.69) is 10.3 Å². The van der Waals surface area contributed by atoms with Crippen LogP contribution >= 0.6 is 0 Å². The molecule has 1 N–H and O–H groups in total. The van der Waals surface area contributed by atoms with Crippen LogP contribution in [-0.4, -0.2) is 31.6 Å². The molecular formula is C11H12N2O2. The van der Waals surface area contributed by atoms with Crippen LogP contribution in [0.1, 0.15) is 4.11 Å². The highest BCUT2D eigenvalue weighted by molar-refractivity contribution is 5.88. The summed E-state index contributed by atoms with van der Waals surface area (Å²) in [5, 5.41) is 2.68. The Morgan fingerprint density at radius 2 is 2.27 bits per heavy atom. The topological polar surface area (TPSA) is 42.8 Å². The quantitative estimate of drug-likeness (QED) is 0.741. The number of nitrogens with zero attached hydrogens (tertiary/aromatic N) is 1. The summed E-state index contributed by atoms with van der Waals surface area (Å²) in [6.07, 6.45) is -0.495. The largest absolute Gasteiger partial charge is 0.485 e. The van der Waals surface area contributed by atoms with Crippen molar-refractivity contribution in [3.63, 3.8) is 0 Å². The Kier molecular flexibility index (Phi) is 1.38. The van der Waals surface area contributed by atoms with Gasteiger partial charge >= 0.3 is 0 Å². The van der Waals surface area contributed by atoms with Crippen LogP contribution in [0.25, 0.3) is 0 Å². The van der Waals surface area contributed by atoms with Gasteiger partial charge in [0.1, 0.15) is 12.4 Å². The van der Waals surface area contributed by atoms with Gasteiger partial charge in [0.15, 0.2) is 17.6 Å². The molecule has 0 saturated heterocycles. The van der Waals surface area contributed by atoms with E-state index in [0.717, 1.165) is 0 Å². The Balaban J connectivity index is 1.82. The molecule has 15 heavy (non-hydrogen) atoms. The van der Waals surface area contributed by atoms with Crippen molar-refractivity contribution in [2.24, 2.45) is 4.99 Å². The third-order valence-corrected chi connectivity index (χ3v) is 2.28. The molecule has 1 aromatic carbocycles. The summed E-state index contributed by atoms with van der Waals surface area (Å²) in [6, 6.07) is 7.28. The van der Waals surface area contributed by atoms with Crippen LogP contribution < -0.4 is 14.8 Å². The minimum absolute atomic E-state index is 0.256. The summed E-state index contributed by atoms with van der Waals surface area (Å²) in [5.41, 5.74) is 0. The van der Waals surface area contributed by atoms with Crippen LogP contribution in [0.3, 0.4) is 0 Å². The zero-order chi connectivity index (χ0) is 12.8. The lowest BCUT2D eigenvalue weighted by Crippen LogP contribution is -2.42. The van der Waals surface area contributed by atoms with E-state index in [4.69, 9.17) is 13.6 Å². The highest BCUT2D eigenvalue weighted by Gasteiger charge is 2.26. The number of rotatable bonds is 1. The number of para-hydroxylation sites is 2. The second-order valence-electron chi connectivity index (χ2n) is 3.28. The molecule has 2 unspecified atom stereocenters. The van der Waals surface area contributed by atoms with E-state index in [1.165, 1.54) is 0 Å². The van der Waals surface area contributed by atoms with Crippen molar-refractivity contribution < 1.29 is 13.6 Å². The molecule has 4 nitrogen and oxygen atoms in total. The van der Waals surface area contributed by atoms with Crippen molar-refractivity contribution >= 4 is 5.84 Å². The predicted molar refractivity (Wildman–Crippen MR) is 56.7 cm³/mol. The van der Waals surface area contributed by atoms with Gasteiger partial charge in [0.2, 0.25) is 0 Å². The van der Waals surface area contributed by atoms with Crippen molar-refractivity contribution in [2.75, 3.05) is 19.6 Å². The van der Waals surface area contributed by atoms with E-state index < -0.39 is 19.1 Å². The van der Waals surface area contributed by atoms with Crippen LogP contribution in [0, 0.1) is 0 Å². The van der Waals surface area contributed by atoms with Gasteiger partial charge in [-0.25, -0.2) is 0 Å². The molecule has 2 aliphatic heterocycles. The fourth-order valence-electron chi connectivity index (χ4n) is 1.56. The monoisotopic (exact) mass is 207 g/mol. The van der Waals surface area contributed by atoms with Crippen LogP contribution in [0.5, 0.6) is 11.5 Å². The zero-order valence-electron chi connectivity index (χ0n) is 10.9. The second-order valence-corrected chi connectivity index (χ2v) is 3.28. The fraction of sp³-hybridized carbons (Fsp3) is 0.364. The molecule has 0 amide bonds. The van der Waals surface area contributed by atoms with Gasteiger partial charge in [0, 0.05) is 6.52 Å². The van der Waals surface area contributed by atoms with Gasteiger partial charge in [-0.15, -0.1) is 0 Å². The van der Waals surface area contributed by atoms with Gasteiger partial charge in [-0.1, -0.05) is 12.1 Å². The fourth-order valence-corrected chi connectivity index (χ4v) is 1.56. The third-order valence-electron chi connectivity index (χ3n) is 2.28. The molecule has 0 bridgehead atoms. The molecule has 2 aliphatic rings. The first-order chi connectivity index (χ1) is 8.56.